The molecule has 0 heterocycles. The fourth-order valence-electron chi connectivity index (χ4n) is 1.46. The molecule has 0 atom stereocenters. The SMILES string of the molecule is CC(C)(C)NC(N)=NCCc1cc(Cl)ccc1Br. The van der Waals surface area contributed by atoms with Crippen molar-refractivity contribution in [3.63, 3.8) is 0 Å². The lowest BCUT2D eigenvalue weighted by Gasteiger charge is -2.21. The molecule has 3 nitrogen and oxygen atoms in total. The molecule has 5 heteroatoms. The molecule has 1 aromatic rings. The summed E-state index contributed by atoms with van der Waals surface area (Å²) in [4.78, 5) is 4.29. The molecule has 0 bridgehead atoms. The number of hydrogen-bond donors (Lipinski definition) is 2. The number of halogens is 2. The molecule has 0 saturated heterocycles. The van der Waals surface area contributed by atoms with E-state index in [1.54, 1.807) is 0 Å². The van der Waals surface area contributed by atoms with Gasteiger partial charge in [0.1, 0.15) is 0 Å². The molecule has 0 saturated carbocycles. The van der Waals surface area contributed by atoms with Crippen molar-refractivity contribution in [2.45, 2.75) is 32.7 Å². The van der Waals surface area contributed by atoms with Crippen molar-refractivity contribution >= 4 is 33.5 Å². The first-order chi connectivity index (χ1) is 8.28. The van der Waals surface area contributed by atoms with Gasteiger partial charge in [0.05, 0.1) is 0 Å². The second-order valence-electron chi connectivity index (χ2n) is 5.13. The summed E-state index contributed by atoms with van der Waals surface area (Å²) in [5.74, 6) is 0.473. The van der Waals surface area contributed by atoms with Gasteiger partial charge in [-0.25, -0.2) is 0 Å². The largest absolute Gasteiger partial charge is 0.370 e. The number of nitrogens with one attached hydrogen (secondary N) is 1. The van der Waals surface area contributed by atoms with Gasteiger partial charge in [0.2, 0.25) is 0 Å². The molecular formula is C13H19BrClN3. The maximum Gasteiger partial charge on any atom is 0.188 e. The Morgan fingerprint density at radius 1 is 1.44 bits per heavy atom. The van der Waals surface area contributed by atoms with Gasteiger partial charge in [-0.15, -0.1) is 0 Å². The number of nitrogens with zero attached hydrogens (tertiary/aromatic N) is 1. The molecule has 100 valence electrons. The van der Waals surface area contributed by atoms with E-state index >= 15 is 0 Å². The average Bonchev–Trinajstić information content (AvgIpc) is 2.20. The molecule has 0 aliphatic heterocycles. The number of aliphatic imine (C=N–C) groups is 1. The van der Waals surface area contributed by atoms with Crippen molar-refractivity contribution in [2.75, 3.05) is 6.54 Å². The number of guanidine groups is 1. The van der Waals surface area contributed by atoms with Crippen LogP contribution in [0.4, 0.5) is 0 Å². The van der Waals surface area contributed by atoms with Gasteiger partial charge < -0.3 is 11.1 Å². The van der Waals surface area contributed by atoms with Crippen LogP contribution in [0.25, 0.3) is 0 Å². The Kier molecular flexibility index (Phi) is 5.47. The molecule has 0 radical (unpaired) electrons. The van der Waals surface area contributed by atoms with E-state index in [1.165, 1.54) is 0 Å². The van der Waals surface area contributed by atoms with Gasteiger partial charge in [-0.05, 0) is 51.0 Å². The Hall–Kier alpha value is -0.740. The van der Waals surface area contributed by atoms with Crippen LogP contribution >= 0.6 is 27.5 Å². The van der Waals surface area contributed by atoms with Crippen molar-refractivity contribution in [1.82, 2.24) is 5.32 Å². The van der Waals surface area contributed by atoms with Crippen molar-refractivity contribution in [1.29, 1.82) is 0 Å². The molecule has 0 unspecified atom stereocenters. The highest BCUT2D eigenvalue weighted by molar-refractivity contribution is 9.10. The number of hydrogen-bond acceptors (Lipinski definition) is 1. The highest BCUT2D eigenvalue weighted by Gasteiger charge is 2.09. The molecule has 0 aromatic heterocycles. The van der Waals surface area contributed by atoms with Crippen molar-refractivity contribution in [2.24, 2.45) is 10.7 Å². The van der Waals surface area contributed by atoms with Crippen LogP contribution in [0.1, 0.15) is 26.3 Å². The summed E-state index contributed by atoms with van der Waals surface area (Å²) in [5.41, 5.74) is 6.86. The topological polar surface area (TPSA) is 50.4 Å². The van der Waals surface area contributed by atoms with E-state index < -0.39 is 0 Å². The van der Waals surface area contributed by atoms with Gasteiger partial charge in [0, 0.05) is 21.6 Å². The normalized spacial score (nSPS) is 12.6. The minimum Gasteiger partial charge on any atom is -0.370 e. The smallest absolute Gasteiger partial charge is 0.188 e. The molecular weight excluding hydrogens is 314 g/mol. The number of nitrogens with two attached hydrogens (primary N) is 1. The van der Waals surface area contributed by atoms with Crippen molar-refractivity contribution in [3.8, 4) is 0 Å². The second kappa shape index (κ2) is 6.43. The molecule has 18 heavy (non-hydrogen) atoms. The lowest BCUT2D eigenvalue weighted by atomic mass is 10.1. The van der Waals surface area contributed by atoms with Crippen LogP contribution in [0.15, 0.2) is 27.7 Å². The fourth-order valence-corrected chi connectivity index (χ4v) is 2.10. The lowest BCUT2D eigenvalue weighted by Crippen LogP contribution is -2.45. The molecule has 3 N–H and O–H groups in total. The van der Waals surface area contributed by atoms with E-state index in [9.17, 15) is 0 Å². The van der Waals surface area contributed by atoms with Crippen LogP contribution in [0.2, 0.25) is 5.02 Å². The summed E-state index contributed by atoms with van der Waals surface area (Å²) in [6, 6.07) is 5.74. The van der Waals surface area contributed by atoms with E-state index in [0.717, 1.165) is 21.5 Å². The summed E-state index contributed by atoms with van der Waals surface area (Å²) < 4.78 is 1.05. The minimum atomic E-state index is -0.0653. The van der Waals surface area contributed by atoms with Gasteiger partial charge >= 0.3 is 0 Å². The summed E-state index contributed by atoms with van der Waals surface area (Å²) in [6.07, 6.45) is 0.799. The van der Waals surface area contributed by atoms with Gasteiger partial charge in [-0.1, -0.05) is 27.5 Å². The Morgan fingerprint density at radius 2 is 2.11 bits per heavy atom. The fraction of sp³-hybridized carbons (Fsp3) is 0.462. The third-order valence-electron chi connectivity index (χ3n) is 2.17. The summed E-state index contributed by atoms with van der Waals surface area (Å²) >= 11 is 9.44. The van der Waals surface area contributed by atoms with Gasteiger partial charge in [-0.2, -0.15) is 0 Å². The standard InChI is InChI=1S/C13H19BrClN3/c1-13(2,3)18-12(16)17-7-6-9-8-10(15)4-5-11(9)14/h4-5,8H,6-7H2,1-3H3,(H3,16,17,18). The summed E-state index contributed by atoms with van der Waals surface area (Å²) in [7, 11) is 0. The minimum absolute atomic E-state index is 0.0653. The zero-order chi connectivity index (χ0) is 13.8. The highest BCUT2D eigenvalue weighted by Crippen LogP contribution is 2.21. The predicted molar refractivity (Wildman–Crippen MR) is 82.2 cm³/mol. The Morgan fingerprint density at radius 3 is 2.72 bits per heavy atom. The number of benzene rings is 1. The van der Waals surface area contributed by atoms with E-state index in [4.69, 9.17) is 17.3 Å². The van der Waals surface area contributed by atoms with Crippen LogP contribution in [-0.4, -0.2) is 18.0 Å². The van der Waals surface area contributed by atoms with E-state index in [2.05, 4.69) is 26.2 Å². The second-order valence-corrected chi connectivity index (χ2v) is 6.42. The van der Waals surface area contributed by atoms with Crippen LogP contribution in [0, 0.1) is 0 Å². The van der Waals surface area contributed by atoms with Crippen molar-refractivity contribution in [3.05, 3.63) is 33.3 Å². The lowest BCUT2D eigenvalue weighted by molar-refractivity contribution is 0.508. The first-order valence-electron chi connectivity index (χ1n) is 5.80. The van der Waals surface area contributed by atoms with E-state index in [1.807, 2.05) is 39.0 Å². The first kappa shape index (κ1) is 15.3. The Balaban J connectivity index is 2.55. The molecule has 1 rings (SSSR count). The highest BCUT2D eigenvalue weighted by atomic mass is 79.9. The molecule has 0 amide bonds. The van der Waals surface area contributed by atoms with Crippen LogP contribution < -0.4 is 11.1 Å². The summed E-state index contributed by atoms with van der Waals surface area (Å²) in [5, 5.41) is 3.86. The quantitative estimate of drug-likeness (QED) is 0.659. The first-order valence-corrected chi connectivity index (χ1v) is 6.97. The predicted octanol–water partition coefficient (Wildman–Crippen LogP) is 3.35. The van der Waals surface area contributed by atoms with Gasteiger partial charge in [-0.3, -0.25) is 4.99 Å². The van der Waals surface area contributed by atoms with Crippen LogP contribution in [-0.2, 0) is 6.42 Å². The van der Waals surface area contributed by atoms with E-state index in [-0.39, 0.29) is 5.54 Å². The van der Waals surface area contributed by atoms with Crippen LogP contribution in [0.3, 0.4) is 0 Å². The Bertz CT molecular complexity index is 438. The average molecular weight is 333 g/mol. The molecule has 1 aromatic carbocycles. The monoisotopic (exact) mass is 331 g/mol. The number of rotatable bonds is 3. The van der Waals surface area contributed by atoms with E-state index in [0.29, 0.717) is 12.5 Å². The van der Waals surface area contributed by atoms with Crippen LogP contribution in [0.5, 0.6) is 0 Å². The zero-order valence-corrected chi connectivity index (χ0v) is 13.3. The zero-order valence-electron chi connectivity index (χ0n) is 10.9. The Labute approximate surface area is 122 Å². The maximum absolute atomic E-state index is 5.95. The van der Waals surface area contributed by atoms with Gasteiger partial charge in [0.25, 0.3) is 0 Å². The van der Waals surface area contributed by atoms with Gasteiger partial charge in [0.15, 0.2) is 5.96 Å². The molecule has 0 spiro atoms. The molecule has 0 fully saturated rings. The third-order valence-corrected chi connectivity index (χ3v) is 3.18. The molecule has 0 aliphatic carbocycles. The molecule has 0 aliphatic rings. The summed E-state index contributed by atoms with van der Waals surface area (Å²) in [6.45, 7) is 6.77. The maximum atomic E-state index is 5.95. The van der Waals surface area contributed by atoms with Crippen molar-refractivity contribution < 1.29 is 0 Å². The third kappa shape index (κ3) is 5.74.